The second kappa shape index (κ2) is 5.99. The van der Waals surface area contributed by atoms with E-state index in [9.17, 15) is 4.39 Å². The molecule has 0 fully saturated rings. The van der Waals surface area contributed by atoms with Crippen LogP contribution in [0.15, 0.2) is 52.4 Å². The van der Waals surface area contributed by atoms with Crippen molar-refractivity contribution < 1.29 is 8.81 Å². The van der Waals surface area contributed by atoms with Crippen LogP contribution in [0, 0.1) is 5.82 Å². The van der Waals surface area contributed by atoms with E-state index in [0.29, 0.717) is 28.2 Å². The predicted octanol–water partition coefficient (Wildman–Crippen LogP) is 4.12. The summed E-state index contributed by atoms with van der Waals surface area (Å²) in [6.45, 7) is 0. The van der Waals surface area contributed by atoms with Crippen molar-refractivity contribution in [3.05, 3.63) is 53.8 Å². The van der Waals surface area contributed by atoms with Gasteiger partial charge in [-0.25, -0.2) is 19.3 Å². The maximum atomic E-state index is 13.6. The van der Waals surface area contributed by atoms with E-state index in [4.69, 9.17) is 10.2 Å². The van der Waals surface area contributed by atoms with Gasteiger partial charge in [0, 0.05) is 6.07 Å². The quantitative estimate of drug-likeness (QED) is 0.489. The number of hydrogen-bond donors (Lipinski definition) is 2. The molecule has 0 saturated heterocycles. The summed E-state index contributed by atoms with van der Waals surface area (Å²) in [7, 11) is 0. The number of thiophene rings is 1. The summed E-state index contributed by atoms with van der Waals surface area (Å²) in [5.41, 5.74) is 7.30. The first kappa shape index (κ1) is 15.6. The number of nitrogens with two attached hydrogens (primary N) is 1. The molecule has 0 amide bonds. The molecule has 5 aromatic rings. The van der Waals surface area contributed by atoms with E-state index in [1.807, 2.05) is 29.6 Å². The normalized spacial score (nSPS) is 11.3. The lowest BCUT2D eigenvalue weighted by molar-refractivity contribution is 0.596. The van der Waals surface area contributed by atoms with Crippen LogP contribution in [0.4, 0.5) is 10.2 Å². The highest BCUT2D eigenvalue weighted by Crippen LogP contribution is 2.32. The maximum absolute atomic E-state index is 13.6. The lowest BCUT2D eigenvalue weighted by Gasteiger charge is -2.03. The van der Waals surface area contributed by atoms with Crippen LogP contribution in [-0.2, 0) is 0 Å². The van der Waals surface area contributed by atoms with Gasteiger partial charge in [-0.1, -0.05) is 6.07 Å². The molecule has 0 radical (unpaired) electrons. The first-order valence-corrected chi connectivity index (χ1v) is 8.84. The number of halogens is 1. The number of anilines is 1. The number of furan rings is 1. The minimum atomic E-state index is -0.471. The van der Waals surface area contributed by atoms with Crippen LogP contribution in [0.3, 0.4) is 0 Å². The highest BCUT2D eigenvalue weighted by molar-refractivity contribution is 7.13. The molecule has 0 aliphatic carbocycles. The molecule has 0 aliphatic rings. The molecule has 0 aromatic carbocycles. The molecule has 0 saturated carbocycles. The molecule has 0 aliphatic heterocycles. The number of hydrogen-bond acceptors (Lipinski definition) is 7. The minimum absolute atomic E-state index is 0.260. The fourth-order valence-electron chi connectivity index (χ4n) is 2.78. The van der Waals surface area contributed by atoms with Crippen molar-refractivity contribution in [2.45, 2.75) is 0 Å². The number of fused-ring (bicyclic) bond motifs is 1. The summed E-state index contributed by atoms with van der Waals surface area (Å²) in [5.74, 6) is 1.38. The number of rotatable bonds is 3. The third kappa shape index (κ3) is 2.74. The van der Waals surface area contributed by atoms with Crippen LogP contribution in [0.1, 0.15) is 0 Å². The van der Waals surface area contributed by atoms with Crippen LogP contribution >= 0.6 is 11.3 Å². The average molecular weight is 378 g/mol. The van der Waals surface area contributed by atoms with E-state index in [2.05, 4.69) is 25.1 Å². The van der Waals surface area contributed by atoms with Crippen molar-refractivity contribution in [3.8, 4) is 33.6 Å². The van der Waals surface area contributed by atoms with Gasteiger partial charge in [0.1, 0.15) is 28.8 Å². The molecule has 0 bridgehead atoms. The van der Waals surface area contributed by atoms with Crippen molar-refractivity contribution in [1.82, 2.24) is 25.1 Å². The highest BCUT2D eigenvalue weighted by Gasteiger charge is 2.16. The zero-order valence-corrected chi connectivity index (χ0v) is 14.5. The fraction of sp³-hybridized carbons (Fsp3) is 0. The second-order valence-corrected chi connectivity index (χ2v) is 6.71. The first-order valence-electron chi connectivity index (χ1n) is 7.96. The molecule has 9 heteroatoms. The van der Waals surface area contributed by atoms with Crippen molar-refractivity contribution in [3.63, 3.8) is 0 Å². The van der Waals surface area contributed by atoms with Gasteiger partial charge in [-0.3, -0.25) is 5.10 Å². The van der Waals surface area contributed by atoms with Gasteiger partial charge in [0.2, 0.25) is 0 Å². The van der Waals surface area contributed by atoms with Crippen LogP contribution in [0.5, 0.6) is 0 Å². The van der Waals surface area contributed by atoms with Crippen LogP contribution < -0.4 is 5.73 Å². The van der Waals surface area contributed by atoms with E-state index in [0.717, 1.165) is 16.8 Å². The van der Waals surface area contributed by atoms with E-state index >= 15 is 0 Å². The molecular weight excluding hydrogens is 367 g/mol. The number of nitrogens with zero attached hydrogens (tertiary/aromatic N) is 4. The Labute approximate surface area is 155 Å². The molecule has 132 valence electrons. The zero-order chi connectivity index (χ0) is 18.4. The third-order valence-corrected chi connectivity index (χ3v) is 4.85. The Hall–Kier alpha value is -3.59. The minimum Gasteiger partial charge on any atom is -0.454 e. The van der Waals surface area contributed by atoms with Crippen molar-refractivity contribution in [2.75, 3.05) is 5.73 Å². The summed E-state index contributed by atoms with van der Waals surface area (Å²) in [6.07, 6.45) is 1.10. The summed E-state index contributed by atoms with van der Waals surface area (Å²) in [5, 5.41) is 9.32. The van der Waals surface area contributed by atoms with Gasteiger partial charge in [-0.15, -0.1) is 11.3 Å². The molecule has 5 aromatic heterocycles. The van der Waals surface area contributed by atoms with E-state index < -0.39 is 5.82 Å². The SMILES string of the molecule is Nc1cc(-c2ccc(-c3cccs3)o2)nc(-c2[nH]nc3ncc(F)cc23)n1. The smallest absolute Gasteiger partial charge is 0.181 e. The molecule has 0 unspecified atom stereocenters. The second-order valence-electron chi connectivity index (χ2n) is 5.77. The Balaban J connectivity index is 1.62. The predicted molar refractivity (Wildman–Crippen MR) is 100 cm³/mol. The Kier molecular flexibility index (Phi) is 3.47. The Bertz CT molecular complexity index is 1260. The number of aromatic amines is 1. The number of pyridine rings is 1. The lowest BCUT2D eigenvalue weighted by atomic mass is 10.2. The molecule has 3 N–H and O–H groups in total. The number of nitrogen functional groups attached to an aromatic ring is 1. The number of nitrogens with one attached hydrogen (secondary N) is 1. The molecule has 7 nitrogen and oxygen atoms in total. The Morgan fingerprint density at radius 2 is 2.00 bits per heavy atom. The van der Waals surface area contributed by atoms with Gasteiger partial charge < -0.3 is 10.2 Å². The molecule has 5 heterocycles. The first-order chi connectivity index (χ1) is 13.2. The van der Waals surface area contributed by atoms with Crippen LogP contribution in [0.2, 0.25) is 0 Å². The van der Waals surface area contributed by atoms with Crippen LogP contribution in [0.25, 0.3) is 44.6 Å². The number of aromatic nitrogens is 5. The summed E-state index contributed by atoms with van der Waals surface area (Å²) < 4.78 is 19.5. The van der Waals surface area contributed by atoms with Gasteiger partial charge in [0.15, 0.2) is 17.2 Å². The largest absolute Gasteiger partial charge is 0.454 e. The average Bonchev–Trinajstić information content (AvgIpc) is 3.40. The third-order valence-electron chi connectivity index (χ3n) is 3.97. The van der Waals surface area contributed by atoms with Gasteiger partial charge in [-0.05, 0) is 29.6 Å². The van der Waals surface area contributed by atoms with Gasteiger partial charge in [0.25, 0.3) is 0 Å². The molecular formula is C18H11FN6OS. The topological polar surface area (TPSA) is 107 Å². The summed E-state index contributed by atoms with van der Waals surface area (Å²) >= 11 is 1.58. The van der Waals surface area contributed by atoms with Gasteiger partial charge in [-0.2, -0.15) is 5.10 Å². The van der Waals surface area contributed by atoms with Crippen molar-refractivity contribution >= 4 is 28.2 Å². The van der Waals surface area contributed by atoms with E-state index in [1.54, 1.807) is 17.4 Å². The highest BCUT2D eigenvalue weighted by atomic mass is 32.1. The van der Waals surface area contributed by atoms with Crippen molar-refractivity contribution in [2.24, 2.45) is 0 Å². The standard InChI is InChI=1S/C18H11FN6OS/c19-9-6-10-16(24-25-17(10)21-8-9)18-22-11(7-15(20)23-18)12-3-4-13(26-12)14-2-1-5-27-14/h1-8H,(H2,20,22,23)(H,21,24,25). The fourth-order valence-corrected chi connectivity index (χ4v) is 3.46. The molecule has 27 heavy (non-hydrogen) atoms. The molecule has 0 spiro atoms. The summed E-state index contributed by atoms with van der Waals surface area (Å²) in [4.78, 5) is 13.7. The zero-order valence-electron chi connectivity index (χ0n) is 13.7. The van der Waals surface area contributed by atoms with Crippen molar-refractivity contribution in [1.29, 1.82) is 0 Å². The maximum Gasteiger partial charge on any atom is 0.181 e. The van der Waals surface area contributed by atoms with Gasteiger partial charge >= 0.3 is 0 Å². The van der Waals surface area contributed by atoms with E-state index in [-0.39, 0.29) is 11.6 Å². The monoisotopic (exact) mass is 378 g/mol. The molecule has 0 atom stereocenters. The molecule has 5 rings (SSSR count). The van der Waals surface area contributed by atoms with E-state index in [1.165, 1.54) is 6.07 Å². The van der Waals surface area contributed by atoms with Crippen LogP contribution in [-0.4, -0.2) is 25.1 Å². The Morgan fingerprint density at radius 1 is 1.11 bits per heavy atom. The van der Waals surface area contributed by atoms with Gasteiger partial charge in [0.05, 0.1) is 16.5 Å². The number of H-pyrrole nitrogens is 1. The summed E-state index contributed by atoms with van der Waals surface area (Å²) in [6, 6.07) is 10.6. The lowest BCUT2D eigenvalue weighted by Crippen LogP contribution is -1.98. The Morgan fingerprint density at radius 3 is 2.85 bits per heavy atom.